The van der Waals surface area contributed by atoms with Gasteiger partial charge in [0.2, 0.25) is 5.91 Å². The zero-order valence-corrected chi connectivity index (χ0v) is 15.5. The van der Waals surface area contributed by atoms with E-state index in [0.29, 0.717) is 22.9 Å². The maximum atomic E-state index is 12.0. The number of nitrogens with two attached hydrogens (primary N) is 1. The van der Waals surface area contributed by atoms with E-state index in [9.17, 15) is 9.90 Å². The normalized spacial score (nSPS) is 11.3. The fourth-order valence-electron chi connectivity index (χ4n) is 3.87. The first-order valence-electron chi connectivity index (χ1n) is 9.11. The number of nitrogens with zero attached hydrogens (tertiary/aromatic N) is 1. The van der Waals surface area contributed by atoms with Crippen LogP contribution in [-0.2, 0) is 13.0 Å². The van der Waals surface area contributed by atoms with Gasteiger partial charge in [0, 0.05) is 17.5 Å². The molecule has 1 amide bonds. The van der Waals surface area contributed by atoms with Crippen molar-refractivity contribution < 1.29 is 9.90 Å². The number of aryl methyl sites for hydroxylation is 2. The molecule has 0 aliphatic heterocycles. The molecule has 0 unspecified atom stereocenters. The smallest absolute Gasteiger partial charge is 0.249 e. The van der Waals surface area contributed by atoms with Crippen molar-refractivity contribution in [1.82, 2.24) is 4.57 Å². The summed E-state index contributed by atoms with van der Waals surface area (Å²) in [4.78, 5) is 12.0. The van der Waals surface area contributed by atoms with Crippen molar-refractivity contribution in [3.8, 4) is 5.75 Å². The number of benzene rings is 3. The van der Waals surface area contributed by atoms with Crippen molar-refractivity contribution >= 4 is 27.7 Å². The number of carbonyl (C=O) groups is 1. The van der Waals surface area contributed by atoms with Gasteiger partial charge in [-0.05, 0) is 48.7 Å². The molecule has 0 bridgehead atoms. The van der Waals surface area contributed by atoms with E-state index in [4.69, 9.17) is 5.73 Å². The number of rotatable bonds is 4. The van der Waals surface area contributed by atoms with Crippen molar-refractivity contribution in [2.75, 3.05) is 0 Å². The fraction of sp³-hybridized carbons (Fsp3) is 0.174. The predicted molar refractivity (Wildman–Crippen MR) is 109 cm³/mol. The topological polar surface area (TPSA) is 68.2 Å². The average Bonchev–Trinajstić information content (AvgIpc) is 2.96. The van der Waals surface area contributed by atoms with Crippen molar-refractivity contribution in [2.24, 2.45) is 5.73 Å². The van der Waals surface area contributed by atoms with E-state index in [1.807, 2.05) is 18.2 Å². The number of hydrogen-bond donors (Lipinski definition) is 2. The monoisotopic (exact) mass is 358 g/mol. The molecule has 3 aromatic carbocycles. The lowest BCUT2D eigenvalue weighted by Crippen LogP contribution is -2.11. The molecule has 0 saturated carbocycles. The Balaban J connectivity index is 2.10. The maximum absolute atomic E-state index is 12.0. The molecule has 4 aromatic rings. The van der Waals surface area contributed by atoms with Gasteiger partial charge in [-0.2, -0.15) is 0 Å². The molecule has 0 aliphatic rings. The molecule has 0 atom stereocenters. The number of aromatic hydroxyl groups is 1. The molecule has 0 radical (unpaired) electrons. The molecule has 4 nitrogen and oxygen atoms in total. The summed E-state index contributed by atoms with van der Waals surface area (Å²) >= 11 is 0. The van der Waals surface area contributed by atoms with E-state index >= 15 is 0 Å². The Morgan fingerprint density at radius 1 is 1.00 bits per heavy atom. The Morgan fingerprint density at radius 3 is 2.48 bits per heavy atom. The first-order valence-corrected chi connectivity index (χ1v) is 9.11. The zero-order valence-electron chi connectivity index (χ0n) is 15.5. The third kappa shape index (κ3) is 2.83. The molecule has 0 spiro atoms. The number of amides is 1. The standard InChI is InChI=1S/C23H22N2O2/c1-3-15-11-19-22(20(26)12-15)21-17(23(24)27)8-5-9-18(21)25(19)13-16-7-4-6-14(2)10-16/h4-12,26H,3,13H2,1-2H3,(H2,24,27). The second kappa shape index (κ2) is 6.47. The first kappa shape index (κ1) is 17.2. The van der Waals surface area contributed by atoms with Crippen LogP contribution in [0.15, 0.2) is 54.6 Å². The highest BCUT2D eigenvalue weighted by atomic mass is 16.3. The minimum atomic E-state index is -0.492. The third-order valence-corrected chi connectivity index (χ3v) is 5.13. The van der Waals surface area contributed by atoms with Gasteiger partial charge in [0.25, 0.3) is 0 Å². The minimum absolute atomic E-state index is 0.186. The van der Waals surface area contributed by atoms with Crippen molar-refractivity contribution in [3.63, 3.8) is 0 Å². The van der Waals surface area contributed by atoms with Crippen molar-refractivity contribution in [1.29, 1.82) is 0 Å². The Hall–Kier alpha value is -3.27. The van der Waals surface area contributed by atoms with Crippen molar-refractivity contribution in [3.05, 3.63) is 76.9 Å². The van der Waals surface area contributed by atoms with E-state index in [2.05, 4.69) is 42.7 Å². The molecule has 0 aliphatic carbocycles. The fourth-order valence-corrected chi connectivity index (χ4v) is 3.87. The quantitative estimate of drug-likeness (QED) is 0.563. The molecule has 4 rings (SSSR count). The van der Waals surface area contributed by atoms with Crippen LogP contribution >= 0.6 is 0 Å². The summed E-state index contributed by atoms with van der Waals surface area (Å²) < 4.78 is 2.16. The van der Waals surface area contributed by atoms with Gasteiger partial charge < -0.3 is 15.4 Å². The van der Waals surface area contributed by atoms with Gasteiger partial charge in [0.1, 0.15) is 5.75 Å². The summed E-state index contributed by atoms with van der Waals surface area (Å²) in [5.41, 5.74) is 11.3. The largest absolute Gasteiger partial charge is 0.507 e. The Labute approximate surface area is 157 Å². The zero-order chi connectivity index (χ0) is 19.1. The molecule has 1 heterocycles. The summed E-state index contributed by atoms with van der Waals surface area (Å²) in [7, 11) is 0. The van der Waals surface area contributed by atoms with Crippen LogP contribution in [0, 0.1) is 6.92 Å². The van der Waals surface area contributed by atoms with E-state index in [1.54, 1.807) is 12.1 Å². The second-order valence-electron chi connectivity index (χ2n) is 7.00. The number of fused-ring (bicyclic) bond motifs is 3. The Bertz CT molecular complexity index is 1190. The first-order chi connectivity index (χ1) is 13.0. The second-order valence-corrected chi connectivity index (χ2v) is 7.00. The molecule has 0 saturated heterocycles. The molecular formula is C23H22N2O2. The number of phenols is 1. The van der Waals surface area contributed by atoms with Gasteiger partial charge in [-0.3, -0.25) is 4.79 Å². The lowest BCUT2D eigenvalue weighted by Gasteiger charge is -2.10. The minimum Gasteiger partial charge on any atom is -0.507 e. The molecule has 27 heavy (non-hydrogen) atoms. The number of primary amides is 1. The number of hydrogen-bond acceptors (Lipinski definition) is 2. The van der Waals surface area contributed by atoms with Crippen LogP contribution in [0.5, 0.6) is 5.75 Å². The van der Waals surface area contributed by atoms with E-state index in [-0.39, 0.29) is 5.75 Å². The van der Waals surface area contributed by atoms with Crippen LogP contribution in [0.3, 0.4) is 0 Å². The number of carbonyl (C=O) groups excluding carboxylic acids is 1. The van der Waals surface area contributed by atoms with Gasteiger partial charge in [-0.25, -0.2) is 0 Å². The van der Waals surface area contributed by atoms with Gasteiger partial charge >= 0.3 is 0 Å². The van der Waals surface area contributed by atoms with E-state index in [0.717, 1.165) is 23.0 Å². The van der Waals surface area contributed by atoms with Gasteiger partial charge in [0.05, 0.1) is 16.4 Å². The van der Waals surface area contributed by atoms with Gasteiger partial charge in [0.15, 0.2) is 0 Å². The SMILES string of the molecule is CCc1cc(O)c2c3c(C(N)=O)cccc3n(Cc3cccc(C)c3)c2c1. The molecular weight excluding hydrogens is 336 g/mol. The van der Waals surface area contributed by atoms with E-state index in [1.165, 1.54) is 11.1 Å². The molecule has 4 heteroatoms. The Morgan fingerprint density at radius 2 is 1.78 bits per heavy atom. The van der Waals surface area contributed by atoms with Crippen molar-refractivity contribution in [2.45, 2.75) is 26.8 Å². The highest BCUT2D eigenvalue weighted by Gasteiger charge is 2.19. The highest BCUT2D eigenvalue weighted by Crippen LogP contribution is 2.38. The van der Waals surface area contributed by atoms with Crippen LogP contribution in [0.2, 0.25) is 0 Å². The van der Waals surface area contributed by atoms with Crippen LogP contribution in [0.1, 0.15) is 34.0 Å². The van der Waals surface area contributed by atoms with Crippen LogP contribution in [-0.4, -0.2) is 15.6 Å². The Kier molecular flexibility index (Phi) is 4.11. The molecule has 136 valence electrons. The van der Waals surface area contributed by atoms with Crippen LogP contribution < -0.4 is 5.73 Å². The van der Waals surface area contributed by atoms with Crippen LogP contribution in [0.4, 0.5) is 0 Å². The van der Waals surface area contributed by atoms with Gasteiger partial charge in [-0.15, -0.1) is 0 Å². The molecule has 1 aromatic heterocycles. The number of phenolic OH excluding ortho intramolecular Hbond substituents is 1. The molecule has 3 N–H and O–H groups in total. The van der Waals surface area contributed by atoms with Gasteiger partial charge in [-0.1, -0.05) is 42.8 Å². The third-order valence-electron chi connectivity index (χ3n) is 5.13. The predicted octanol–water partition coefficient (Wildman–Crippen LogP) is 4.52. The molecule has 0 fully saturated rings. The maximum Gasteiger partial charge on any atom is 0.249 e. The average molecular weight is 358 g/mol. The summed E-state index contributed by atoms with van der Waals surface area (Å²) in [5.74, 6) is -0.305. The summed E-state index contributed by atoms with van der Waals surface area (Å²) in [6.07, 6.45) is 0.818. The van der Waals surface area contributed by atoms with E-state index < -0.39 is 5.91 Å². The lowest BCUT2D eigenvalue weighted by molar-refractivity contribution is 0.100. The van der Waals surface area contributed by atoms with Crippen LogP contribution in [0.25, 0.3) is 21.8 Å². The summed E-state index contributed by atoms with van der Waals surface area (Å²) in [6.45, 7) is 4.78. The highest BCUT2D eigenvalue weighted by molar-refractivity contribution is 6.19. The number of aromatic nitrogens is 1. The summed E-state index contributed by atoms with van der Waals surface area (Å²) in [5, 5.41) is 12.1. The lowest BCUT2D eigenvalue weighted by atomic mass is 10.0. The summed E-state index contributed by atoms with van der Waals surface area (Å²) in [6, 6.07) is 17.8.